The highest BCUT2D eigenvalue weighted by Gasteiger charge is 2.40. The number of rotatable bonds is 0. The van der Waals surface area contributed by atoms with Crippen molar-refractivity contribution in [3.05, 3.63) is 32.8 Å². The van der Waals surface area contributed by atoms with Crippen molar-refractivity contribution >= 4 is 56.4 Å². The fourth-order valence-electron chi connectivity index (χ4n) is 2.15. The first-order valence-electron chi connectivity index (χ1n) is 5.95. The lowest BCUT2D eigenvalue weighted by Crippen LogP contribution is -2.14. The monoisotopic (exact) mass is 344 g/mol. The van der Waals surface area contributed by atoms with Crippen molar-refractivity contribution in [1.82, 2.24) is 0 Å². The van der Waals surface area contributed by atoms with E-state index in [1.165, 1.54) is 23.5 Å². The summed E-state index contributed by atoms with van der Waals surface area (Å²) in [7, 11) is 0. The normalized spacial score (nSPS) is 28.6. The Morgan fingerprint density at radius 2 is 0.950 bits per heavy atom. The van der Waals surface area contributed by atoms with Gasteiger partial charge in [-0.25, -0.2) is 0 Å². The minimum Gasteiger partial charge on any atom is -0.485 e. The van der Waals surface area contributed by atoms with Crippen molar-refractivity contribution < 1.29 is 18.9 Å². The first kappa shape index (κ1) is 13.0. The van der Waals surface area contributed by atoms with Crippen LogP contribution in [0.2, 0.25) is 0 Å². The third-order valence-corrected chi connectivity index (χ3v) is 5.87. The largest absolute Gasteiger partial charge is 0.485 e. The Labute approximate surface area is 134 Å². The van der Waals surface area contributed by atoms with Crippen LogP contribution in [0.5, 0.6) is 0 Å². The van der Waals surface area contributed by atoms with Crippen molar-refractivity contribution in [3.8, 4) is 0 Å². The standard InChI is InChI=1S/C12H8O4S4/c17-11-7-5(13-1-3-15-7)9(19-11)10-6-8(12(18)20-10)16-4-2-14-6/h1-4H2/b10-9-. The Morgan fingerprint density at radius 3 is 1.35 bits per heavy atom. The van der Waals surface area contributed by atoms with Gasteiger partial charge in [0, 0.05) is 0 Å². The summed E-state index contributed by atoms with van der Waals surface area (Å²) in [6.45, 7) is 2.11. The molecular formula is C12H8O4S4. The van der Waals surface area contributed by atoms with Crippen LogP contribution in [0.3, 0.4) is 0 Å². The van der Waals surface area contributed by atoms with Crippen LogP contribution in [0, 0.1) is 0 Å². The van der Waals surface area contributed by atoms with Gasteiger partial charge in [0.05, 0.1) is 9.81 Å². The summed E-state index contributed by atoms with van der Waals surface area (Å²) in [6.07, 6.45) is 0. The van der Waals surface area contributed by atoms with E-state index < -0.39 is 0 Å². The zero-order valence-corrected chi connectivity index (χ0v) is 13.4. The zero-order chi connectivity index (χ0) is 13.7. The van der Waals surface area contributed by atoms with E-state index in [0.29, 0.717) is 57.9 Å². The zero-order valence-electron chi connectivity index (χ0n) is 10.1. The highest BCUT2D eigenvalue weighted by Crippen LogP contribution is 2.51. The minimum absolute atomic E-state index is 0.525. The molecule has 0 aromatic carbocycles. The lowest BCUT2D eigenvalue weighted by Gasteiger charge is -2.19. The van der Waals surface area contributed by atoms with Crippen LogP contribution >= 0.6 is 48.0 Å². The maximum atomic E-state index is 5.73. The molecule has 20 heavy (non-hydrogen) atoms. The molecule has 0 saturated carbocycles. The van der Waals surface area contributed by atoms with E-state index in [4.69, 9.17) is 43.4 Å². The van der Waals surface area contributed by atoms with Gasteiger partial charge < -0.3 is 18.9 Å². The second-order valence-corrected chi connectivity index (χ2v) is 7.52. The summed E-state index contributed by atoms with van der Waals surface area (Å²) < 4.78 is 24.0. The van der Waals surface area contributed by atoms with Crippen molar-refractivity contribution in [3.63, 3.8) is 0 Å². The van der Waals surface area contributed by atoms with Crippen LogP contribution in [-0.4, -0.2) is 34.8 Å². The maximum absolute atomic E-state index is 5.73. The molecule has 104 valence electrons. The molecule has 0 unspecified atom stereocenters. The van der Waals surface area contributed by atoms with E-state index in [1.54, 1.807) is 0 Å². The van der Waals surface area contributed by atoms with Gasteiger partial charge >= 0.3 is 0 Å². The van der Waals surface area contributed by atoms with Crippen LogP contribution in [0.15, 0.2) is 32.8 Å². The number of thiocarbonyl (C=S) groups is 2. The second-order valence-electron chi connectivity index (χ2n) is 4.15. The van der Waals surface area contributed by atoms with Gasteiger partial charge in [0.1, 0.15) is 34.8 Å². The number of thioether (sulfide) groups is 2. The van der Waals surface area contributed by atoms with Crippen LogP contribution in [0.4, 0.5) is 0 Å². The quantitative estimate of drug-likeness (QED) is 0.621. The maximum Gasteiger partial charge on any atom is 0.187 e. The molecule has 0 spiro atoms. The first-order valence-corrected chi connectivity index (χ1v) is 8.40. The molecule has 0 N–H and O–H groups in total. The molecule has 4 heterocycles. The molecule has 4 nitrogen and oxygen atoms in total. The number of ether oxygens (including phenoxy) is 4. The van der Waals surface area contributed by atoms with E-state index in [-0.39, 0.29) is 0 Å². The van der Waals surface area contributed by atoms with Crippen molar-refractivity contribution in [2.75, 3.05) is 26.4 Å². The third kappa shape index (κ3) is 1.89. The van der Waals surface area contributed by atoms with Crippen molar-refractivity contribution in [2.24, 2.45) is 0 Å². The molecule has 0 saturated heterocycles. The summed E-state index contributed by atoms with van der Waals surface area (Å²) in [6, 6.07) is 0. The summed E-state index contributed by atoms with van der Waals surface area (Å²) in [5.41, 5.74) is 0. The molecule has 8 heteroatoms. The number of hydrogen-bond acceptors (Lipinski definition) is 8. The van der Waals surface area contributed by atoms with E-state index in [2.05, 4.69) is 0 Å². The molecule has 0 bridgehead atoms. The lowest BCUT2D eigenvalue weighted by molar-refractivity contribution is 0.0785. The Morgan fingerprint density at radius 1 is 0.600 bits per heavy atom. The Bertz CT molecular complexity index is 577. The van der Waals surface area contributed by atoms with E-state index in [1.807, 2.05) is 0 Å². The fourth-order valence-corrected chi connectivity index (χ4v) is 4.92. The van der Waals surface area contributed by atoms with Gasteiger partial charge in [0.25, 0.3) is 0 Å². The molecule has 4 rings (SSSR count). The van der Waals surface area contributed by atoms with Crippen LogP contribution in [0.1, 0.15) is 0 Å². The molecule has 0 amide bonds. The SMILES string of the molecule is S=C1S/C(=C2\SC(=S)C3=C2OCCO3)C2=C1OCCO2. The predicted octanol–water partition coefficient (Wildman–Crippen LogP) is 2.86. The summed E-state index contributed by atoms with van der Waals surface area (Å²) in [4.78, 5) is 1.85. The highest BCUT2D eigenvalue weighted by atomic mass is 32.2. The molecule has 0 fully saturated rings. The van der Waals surface area contributed by atoms with E-state index in [0.717, 1.165) is 9.81 Å². The molecular weight excluding hydrogens is 336 g/mol. The molecule has 0 atom stereocenters. The van der Waals surface area contributed by atoms with Gasteiger partial charge in [-0.2, -0.15) is 0 Å². The average molecular weight is 344 g/mol. The van der Waals surface area contributed by atoms with Crippen molar-refractivity contribution in [2.45, 2.75) is 0 Å². The molecule has 0 aromatic rings. The van der Waals surface area contributed by atoms with Gasteiger partial charge in [0.2, 0.25) is 0 Å². The molecule has 0 radical (unpaired) electrons. The minimum atomic E-state index is 0.525. The average Bonchev–Trinajstić information content (AvgIpc) is 2.99. The molecule has 0 aliphatic carbocycles. The van der Waals surface area contributed by atoms with Gasteiger partial charge in [-0.1, -0.05) is 48.0 Å². The van der Waals surface area contributed by atoms with Gasteiger partial charge in [-0.15, -0.1) is 0 Å². The van der Waals surface area contributed by atoms with E-state index >= 15 is 0 Å². The Hall–Kier alpha value is -0.700. The first-order chi connectivity index (χ1) is 9.75. The number of hydrogen-bond donors (Lipinski definition) is 0. The Kier molecular flexibility index (Phi) is 3.21. The van der Waals surface area contributed by atoms with Gasteiger partial charge in [0.15, 0.2) is 23.0 Å². The summed E-state index contributed by atoms with van der Waals surface area (Å²) in [5.74, 6) is 2.74. The van der Waals surface area contributed by atoms with Crippen molar-refractivity contribution in [1.29, 1.82) is 0 Å². The third-order valence-electron chi connectivity index (χ3n) is 2.94. The topological polar surface area (TPSA) is 36.9 Å². The van der Waals surface area contributed by atoms with E-state index in [9.17, 15) is 0 Å². The molecule has 4 aliphatic heterocycles. The summed E-state index contributed by atoms with van der Waals surface area (Å²) >= 11 is 13.6. The molecule has 0 aromatic heterocycles. The smallest absolute Gasteiger partial charge is 0.187 e. The second kappa shape index (κ2) is 4.94. The van der Waals surface area contributed by atoms with Crippen LogP contribution in [-0.2, 0) is 18.9 Å². The molecule has 4 aliphatic rings. The Balaban J connectivity index is 1.84. The lowest BCUT2D eigenvalue weighted by atomic mass is 10.3. The van der Waals surface area contributed by atoms with Gasteiger partial charge in [-0.3, -0.25) is 0 Å². The summed E-state index contributed by atoms with van der Waals surface area (Å²) in [5, 5.41) is 0. The fraction of sp³-hybridized carbons (Fsp3) is 0.333. The van der Waals surface area contributed by atoms with Crippen LogP contribution in [0.25, 0.3) is 0 Å². The van der Waals surface area contributed by atoms with Gasteiger partial charge in [-0.05, 0) is 0 Å². The highest BCUT2D eigenvalue weighted by molar-refractivity contribution is 8.29. The van der Waals surface area contributed by atoms with Crippen LogP contribution < -0.4 is 0 Å². The predicted molar refractivity (Wildman–Crippen MR) is 85.3 cm³/mol.